The van der Waals surface area contributed by atoms with Crippen LogP contribution in [0.2, 0.25) is 0 Å². The summed E-state index contributed by atoms with van der Waals surface area (Å²) in [6.45, 7) is 3.73. The molecule has 4 nitrogen and oxygen atoms in total. The summed E-state index contributed by atoms with van der Waals surface area (Å²) in [6, 6.07) is 10.8. The van der Waals surface area contributed by atoms with E-state index in [9.17, 15) is 4.79 Å². The molecule has 0 spiro atoms. The van der Waals surface area contributed by atoms with Crippen LogP contribution in [0.5, 0.6) is 0 Å². The van der Waals surface area contributed by atoms with E-state index in [1.165, 1.54) is 4.90 Å². The lowest BCUT2D eigenvalue weighted by Crippen LogP contribution is -2.47. The summed E-state index contributed by atoms with van der Waals surface area (Å²) in [7, 11) is 4.09. The minimum atomic E-state index is 0.304. The molecular weight excluding hydrogens is 294 g/mol. The first-order valence-electron chi connectivity index (χ1n) is 8.00. The third-order valence-electron chi connectivity index (χ3n) is 4.17. The second-order valence-electron chi connectivity index (χ2n) is 5.83. The van der Waals surface area contributed by atoms with Crippen LogP contribution in [0.3, 0.4) is 0 Å². The van der Waals surface area contributed by atoms with Gasteiger partial charge < -0.3 is 15.1 Å². The molecule has 1 atom stereocenters. The summed E-state index contributed by atoms with van der Waals surface area (Å²) in [4.78, 5) is 17.8. The van der Waals surface area contributed by atoms with Crippen LogP contribution in [0.1, 0.15) is 12.8 Å². The molecule has 1 fully saturated rings. The molecule has 1 heterocycles. The maximum Gasteiger partial charge on any atom is 0.222 e. The van der Waals surface area contributed by atoms with E-state index in [1.54, 1.807) is 0 Å². The highest BCUT2D eigenvalue weighted by atomic mass is 32.2. The van der Waals surface area contributed by atoms with Crippen LogP contribution < -0.4 is 5.32 Å². The van der Waals surface area contributed by atoms with Gasteiger partial charge >= 0.3 is 0 Å². The van der Waals surface area contributed by atoms with Crippen molar-refractivity contribution in [3.05, 3.63) is 30.3 Å². The summed E-state index contributed by atoms with van der Waals surface area (Å²) < 4.78 is 0. The third kappa shape index (κ3) is 5.63. The van der Waals surface area contributed by atoms with Gasteiger partial charge in [-0.1, -0.05) is 18.2 Å². The van der Waals surface area contributed by atoms with Crippen molar-refractivity contribution in [3.8, 4) is 0 Å². The summed E-state index contributed by atoms with van der Waals surface area (Å²) >= 11 is 1.85. The number of nitrogens with zero attached hydrogens (tertiary/aromatic N) is 2. The molecule has 1 aromatic carbocycles. The zero-order valence-electron chi connectivity index (χ0n) is 13.6. The van der Waals surface area contributed by atoms with Crippen LogP contribution in [0.4, 0.5) is 0 Å². The molecule has 22 heavy (non-hydrogen) atoms. The van der Waals surface area contributed by atoms with Crippen molar-refractivity contribution in [2.45, 2.75) is 23.8 Å². The van der Waals surface area contributed by atoms with Crippen LogP contribution in [0.15, 0.2) is 35.2 Å². The molecule has 1 amide bonds. The van der Waals surface area contributed by atoms with Gasteiger partial charge in [0.05, 0.1) is 0 Å². The summed E-state index contributed by atoms with van der Waals surface area (Å²) in [6.07, 6.45) is 1.55. The molecule has 0 saturated carbocycles. The van der Waals surface area contributed by atoms with Gasteiger partial charge in [-0.3, -0.25) is 4.79 Å². The van der Waals surface area contributed by atoms with E-state index in [-0.39, 0.29) is 0 Å². The molecule has 5 heteroatoms. The number of hydrogen-bond donors (Lipinski definition) is 1. The summed E-state index contributed by atoms with van der Waals surface area (Å²) in [5, 5.41) is 3.34. The van der Waals surface area contributed by atoms with E-state index in [0.29, 0.717) is 18.4 Å². The van der Waals surface area contributed by atoms with E-state index in [1.807, 2.05) is 29.8 Å². The summed E-state index contributed by atoms with van der Waals surface area (Å²) in [5.41, 5.74) is 0. The molecule has 1 aromatic rings. The van der Waals surface area contributed by atoms with Gasteiger partial charge in [0.2, 0.25) is 5.91 Å². The Bertz CT molecular complexity index is 446. The quantitative estimate of drug-likeness (QED) is 0.778. The van der Waals surface area contributed by atoms with E-state index >= 15 is 0 Å². The number of thioether (sulfide) groups is 1. The topological polar surface area (TPSA) is 35.6 Å². The van der Waals surface area contributed by atoms with Crippen molar-refractivity contribution < 1.29 is 4.79 Å². The first-order chi connectivity index (χ1) is 10.7. The predicted octanol–water partition coefficient (Wildman–Crippen LogP) is 1.92. The molecule has 0 radical (unpaired) electrons. The molecule has 1 saturated heterocycles. The van der Waals surface area contributed by atoms with Crippen molar-refractivity contribution >= 4 is 17.7 Å². The Hall–Kier alpha value is -1.04. The van der Waals surface area contributed by atoms with Gasteiger partial charge in [-0.25, -0.2) is 0 Å². The number of carbonyl (C=O) groups excluding carboxylic acids is 1. The van der Waals surface area contributed by atoms with Crippen molar-refractivity contribution in [2.75, 3.05) is 46.0 Å². The van der Waals surface area contributed by atoms with Crippen molar-refractivity contribution in [3.63, 3.8) is 0 Å². The number of carbonyl (C=O) groups is 1. The summed E-state index contributed by atoms with van der Waals surface area (Å²) in [5.74, 6) is 1.30. The lowest BCUT2D eigenvalue weighted by atomic mass is 10.1. The average molecular weight is 321 g/mol. The average Bonchev–Trinajstić information content (AvgIpc) is 2.56. The van der Waals surface area contributed by atoms with Crippen LogP contribution in [-0.4, -0.2) is 67.8 Å². The Balaban J connectivity index is 1.70. The first kappa shape index (κ1) is 17.3. The molecule has 2 rings (SSSR count). The molecule has 0 aliphatic carbocycles. The number of likely N-dealkylation sites (N-methyl/N-ethyl adjacent to an activating group) is 1. The monoisotopic (exact) mass is 321 g/mol. The van der Waals surface area contributed by atoms with Crippen molar-refractivity contribution in [1.29, 1.82) is 0 Å². The molecule has 1 aliphatic heterocycles. The van der Waals surface area contributed by atoms with Crippen LogP contribution in [-0.2, 0) is 4.79 Å². The lowest BCUT2D eigenvalue weighted by Gasteiger charge is -2.32. The van der Waals surface area contributed by atoms with Crippen molar-refractivity contribution in [2.24, 2.45) is 0 Å². The molecule has 0 unspecified atom stereocenters. The maximum absolute atomic E-state index is 12.3. The second-order valence-corrected chi connectivity index (χ2v) is 6.93. The smallest absolute Gasteiger partial charge is 0.222 e. The Morgan fingerprint density at radius 2 is 1.91 bits per heavy atom. The molecule has 1 N–H and O–H groups in total. The third-order valence-corrected chi connectivity index (χ3v) is 5.34. The van der Waals surface area contributed by atoms with Gasteiger partial charge in [-0.05, 0) is 32.6 Å². The minimum Gasteiger partial charge on any atom is -0.340 e. The van der Waals surface area contributed by atoms with E-state index < -0.39 is 0 Å². The zero-order chi connectivity index (χ0) is 15.8. The van der Waals surface area contributed by atoms with Gasteiger partial charge in [0.1, 0.15) is 0 Å². The van der Waals surface area contributed by atoms with Crippen LogP contribution in [0.25, 0.3) is 0 Å². The Kier molecular flexibility index (Phi) is 7.22. The number of piperazine rings is 1. The van der Waals surface area contributed by atoms with E-state index in [2.05, 4.69) is 41.5 Å². The van der Waals surface area contributed by atoms with E-state index in [4.69, 9.17) is 0 Å². The van der Waals surface area contributed by atoms with Crippen LogP contribution in [0, 0.1) is 0 Å². The fraction of sp³-hybridized carbons (Fsp3) is 0.588. The van der Waals surface area contributed by atoms with Gasteiger partial charge in [0, 0.05) is 49.3 Å². The molecule has 122 valence electrons. The van der Waals surface area contributed by atoms with Gasteiger partial charge in [-0.15, -0.1) is 11.8 Å². The minimum absolute atomic E-state index is 0.304. The van der Waals surface area contributed by atoms with Crippen LogP contribution >= 0.6 is 11.8 Å². The number of benzene rings is 1. The Morgan fingerprint density at radius 3 is 2.55 bits per heavy atom. The highest BCUT2D eigenvalue weighted by Gasteiger charge is 2.19. The van der Waals surface area contributed by atoms with Gasteiger partial charge in [-0.2, -0.15) is 0 Å². The number of rotatable bonds is 7. The van der Waals surface area contributed by atoms with Gasteiger partial charge in [0.15, 0.2) is 0 Å². The fourth-order valence-corrected chi connectivity index (χ4v) is 3.61. The molecular formula is C17H27N3OS. The number of nitrogens with one attached hydrogen (secondary N) is 1. The highest BCUT2D eigenvalue weighted by molar-refractivity contribution is 7.99. The second kappa shape index (κ2) is 9.18. The lowest BCUT2D eigenvalue weighted by molar-refractivity contribution is -0.132. The SMILES string of the molecule is CN[C@H](CCC(=O)N1CCN(C)CC1)CSc1ccccc1. The Labute approximate surface area is 138 Å². The standard InChI is InChI=1S/C17H27N3OS/c1-18-15(14-22-16-6-4-3-5-7-16)8-9-17(21)20-12-10-19(2)11-13-20/h3-7,15,18H,8-14H2,1-2H3/t15-/m1/s1. The number of hydrogen-bond acceptors (Lipinski definition) is 4. The zero-order valence-corrected chi connectivity index (χ0v) is 14.4. The fourth-order valence-electron chi connectivity index (χ4n) is 2.54. The highest BCUT2D eigenvalue weighted by Crippen LogP contribution is 2.19. The molecule has 0 bridgehead atoms. The van der Waals surface area contributed by atoms with E-state index in [0.717, 1.165) is 38.4 Å². The largest absolute Gasteiger partial charge is 0.340 e. The Morgan fingerprint density at radius 1 is 1.23 bits per heavy atom. The first-order valence-corrected chi connectivity index (χ1v) is 8.99. The van der Waals surface area contributed by atoms with Crippen molar-refractivity contribution in [1.82, 2.24) is 15.1 Å². The maximum atomic E-state index is 12.3. The van der Waals surface area contributed by atoms with Gasteiger partial charge in [0.25, 0.3) is 0 Å². The predicted molar refractivity (Wildman–Crippen MR) is 93.3 cm³/mol. The molecule has 0 aromatic heterocycles. The molecule has 1 aliphatic rings. The number of amides is 1. The normalized spacial score (nSPS) is 17.5.